The number of hydrogen-bond donors (Lipinski definition) is 2. The molecule has 1 heterocycles. The predicted octanol–water partition coefficient (Wildman–Crippen LogP) is 4.46. The maximum absolute atomic E-state index is 11.2. The van der Waals surface area contributed by atoms with Crippen LogP contribution in [0.2, 0.25) is 0 Å². The Kier molecular flexibility index (Phi) is 6.95. The Labute approximate surface area is 184 Å². The summed E-state index contributed by atoms with van der Waals surface area (Å²) in [6.45, 7) is 1.45. The number of aromatic nitrogens is 2. The predicted molar refractivity (Wildman–Crippen MR) is 121 cm³/mol. The molecule has 1 amide bonds. The fourth-order valence-electron chi connectivity index (χ4n) is 2.90. The maximum Gasteiger partial charge on any atom is 0.221 e. The number of nitrogens with zero attached hydrogens (tertiary/aromatic N) is 3. The first kappa shape index (κ1) is 21.9. The molecule has 0 aliphatic rings. The highest BCUT2D eigenvalue weighted by atomic mass is 32.2. The SMILES string of the molecule is COc1ccc(-c2nc(SC)nc(Nc3ccc(NC(C)=O)cc3)c2C#N)cc1OC. The van der Waals surface area contributed by atoms with E-state index in [0.29, 0.717) is 45.0 Å². The summed E-state index contributed by atoms with van der Waals surface area (Å²) >= 11 is 1.37. The molecule has 0 aliphatic carbocycles. The van der Waals surface area contributed by atoms with Crippen molar-refractivity contribution in [3.8, 4) is 28.8 Å². The zero-order chi connectivity index (χ0) is 22.4. The van der Waals surface area contributed by atoms with Gasteiger partial charge in [-0.25, -0.2) is 9.97 Å². The van der Waals surface area contributed by atoms with Crippen LogP contribution in [0, 0.1) is 11.3 Å². The second kappa shape index (κ2) is 9.82. The van der Waals surface area contributed by atoms with Gasteiger partial charge in [0.15, 0.2) is 22.5 Å². The molecule has 0 fully saturated rings. The number of amides is 1. The summed E-state index contributed by atoms with van der Waals surface area (Å²) in [5.74, 6) is 1.36. The van der Waals surface area contributed by atoms with E-state index in [2.05, 4.69) is 26.7 Å². The minimum absolute atomic E-state index is 0.146. The van der Waals surface area contributed by atoms with E-state index in [1.54, 1.807) is 50.6 Å². The van der Waals surface area contributed by atoms with Crippen LogP contribution in [0.3, 0.4) is 0 Å². The van der Waals surface area contributed by atoms with Crippen molar-refractivity contribution in [1.29, 1.82) is 5.26 Å². The van der Waals surface area contributed by atoms with Gasteiger partial charge in [0, 0.05) is 23.9 Å². The summed E-state index contributed by atoms with van der Waals surface area (Å²) in [6.07, 6.45) is 1.87. The zero-order valence-electron chi connectivity index (χ0n) is 17.5. The van der Waals surface area contributed by atoms with Gasteiger partial charge in [-0.2, -0.15) is 5.26 Å². The molecule has 3 aromatic rings. The van der Waals surface area contributed by atoms with Gasteiger partial charge in [-0.15, -0.1) is 0 Å². The van der Waals surface area contributed by atoms with Crippen LogP contribution in [0.1, 0.15) is 12.5 Å². The quantitative estimate of drug-likeness (QED) is 0.414. The lowest BCUT2D eigenvalue weighted by molar-refractivity contribution is -0.114. The molecule has 0 unspecified atom stereocenters. The summed E-state index contributed by atoms with van der Waals surface area (Å²) < 4.78 is 10.7. The Morgan fingerprint density at radius 3 is 2.29 bits per heavy atom. The van der Waals surface area contributed by atoms with E-state index in [1.165, 1.54) is 18.7 Å². The molecule has 3 rings (SSSR count). The van der Waals surface area contributed by atoms with Crippen molar-refractivity contribution in [1.82, 2.24) is 9.97 Å². The number of nitrogens with one attached hydrogen (secondary N) is 2. The second-order valence-corrected chi connectivity index (χ2v) is 7.12. The lowest BCUT2D eigenvalue weighted by Gasteiger charge is -2.14. The Bertz CT molecular complexity index is 1140. The van der Waals surface area contributed by atoms with Gasteiger partial charge in [-0.3, -0.25) is 4.79 Å². The second-order valence-electron chi connectivity index (χ2n) is 6.35. The molecular weight excluding hydrogens is 414 g/mol. The molecule has 0 saturated heterocycles. The largest absolute Gasteiger partial charge is 0.493 e. The average Bonchev–Trinajstić information content (AvgIpc) is 2.78. The number of carbonyl (C=O) groups is 1. The van der Waals surface area contributed by atoms with Crippen LogP contribution in [0.4, 0.5) is 17.2 Å². The smallest absolute Gasteiger partial charge is 0.221 e. The summed E-state index contributed by atoms with van der Waals surface area (Å²) in [7, 11) is 3.12. The number of rotatable bonds is 7. The lowest BCUT2D eigenvalue weighted by atomic mass is 10.1. The number of nitriles is 1. The molecule has 31 heavy (non-hydrogen) atoms. The van der Waals surface area contributed by atoms with Crippen molar-refractivity contribution in [2.75, 3.05) is 31.1 Å². The van der Waals surface area contributed by atoms with Gasteiger partial charge in [-0.05, 0) is 48.7 Å². The topological polar surface area (TPSA) is 109 Å². The Morgan fingerprint density at radius 2 is 1.71 bits per heavy atom. The van der Waals surface area contributed by atoms with Crippen LogP contribution >= 0.6 is 11.8 Å². The molecule has 1 aromatic heterocycles. The van der Waals surface area contributed by atoms with E-state index in [-0.39, 0.29) is 5.91 Å². The van der Waals surface area contributed by atoms with Crippen LogP contribution in [-0.4, -0.2) is 36.4 Å². The minimum atomic E-state index is -0.146. The minimum Gasteiger partial charge on any atom is -0.493 e. The van der Waals surface area contributed by atoms with Gasteiger partial charge in [-0.1, -0.05) is 11.8 Å². The van der Waals surface area contributed by atoms with Crippen LogP contribution in [0.25, 0.3) is 11.3 Å². The van der Waals surface area contributed by atoms with Crippen LogP contribution in [0.15, 0.2) is 47.6 Å². The number of anilines is 3. The number of thioether (sulfide) groups is 1. The Balaban J connectivity index is 2.04. The number of benzene rings is 2. The van der Waals surface area contributed by atoms with Crippen molar-refractivity contribution < 1.29 is 14.3 Å². The molecule has 0 saturated carbocycles. The van der Waals surface area contributed by atoms with Gasteiger partial charge < -0.3 is 20.1 Å². The van der Waals surface area contributed by atoms with E-state index >= 15 is 0 Å². The van der Waals surface area contributed by atoms with Gasteiger partial charge in [0.05, 0.1) is 19.9 Å². The Hall–Kier alpha value is -3.77. The van der Waals surface area contributed by atoms with Crippen molar-refractivity contribution in [3.63, 3.8) is 0 Å². The molecule has 2 aromatic carbocycles. The van der Waals surface area contributed by atoms with E-state index in [9.17, 15) is 10.1 Å². The van der Waals surface area contributed by atoms with Gasteiger partial charge in [0.1, 0.15) is 11.6 Å². The molecule has 0 radical (unpaired) electrons. The first-order valence-electron chi connectivity index (χ1n) is 9.22. The molecule has 0 atom stereocenters. The number of methoxy groups -OCH3 is 2. The summed E-state index contributed by atoms with van der Waals surface area (Å²) in [5, 5.41) is 16.3. The van der Waals surface area contributed by atoms with E-state index in [0.717, 1.165) is 5.69 Å². The summed E-state index contributed by atoms with van der Waals surface area (Å²) in [4.78, 5) is 20.2. The summed E-state index contributed by atoms with van der Waals surface area (Å²) in [6, 6.07) is 14.7. The normalized spacial score (nSPS) is 10.2. The maximum atomic E-state index is 11.2. The molecule has 8 nitrogen and oxygen atoms in total. The molecule has 2 N–H and O–H groups in total. The first-order chi connectivity index (χ1) is 15.0. The van der Waals surface area contributed by atoms with Gasteiger partial charge >= 0.3 is 0 Å². The number of carbonyl (C=O) groups excluding carboxylic acids is 1. The third-order valence-corrected chi connectivity index (χ3v) is 4.86. The van der Waals surface area contributed by atoms with Crippen LogP contribution in [-0.2, 0) is 4.79 Å². The highest BCUT2D eigenvalue weighted by Gasteiger charge is 2.18. The summed E-state index contributed by atoms with van der Waals surface area (Å²) in [5.41, 5.74) is 2.89. The number of ether oxygens (including phenoxy) is 2. The Morgan fingerprint density at radius 1 is 1.03 bits per heavy atom. The van der Waals surface area contributed by atoms with Gasteiger partial charge in [0.25, 0.3) is 0 Å². The average molecular weight is 436 g/mol. The van der Waals surface area contributed by atoms with Crippen LogP contribution < -0.4 is 20.1 Å². The van der Waals surface area contributed by atoms with Gasteiger partial charge in [0.2, 0.25) is 5.91 Å². The first-order valence-corrected chi connectivity index (χ1v) is 10.4. The highest BCUT2D eigenvalue weighted by Crippen LogP contribution is 2.35. The molecular formula is C22H21N5O3S. The lowest BCUT2D eigenvalue weighted by Crippen LogP contribution is -2.06. The molecule has 0 aliphatic heterocycles. The molecule has 0 spiro atoms. The number of hydrogen-bond acceptors (Lipinski definition) is 8. The molecule has 0 bridgehead atoms. The monoisotopic (exact) mass is 435 g/mol. The van der Waals surface area contributed by atoms with Crippen molar-refractivity contribution in [3.05, 3.63) is 48.0 Å². The third kappa shape index (κ3) is 5.05. The van der Waals surface area contributed by atoms with Crippen molar-refractivity contribution >= 4 is 34.9 Å². The zero-order valence-corrected chi connectivity index (χ0v) is 18.3. The third-order valence-electron chi connectivity index (χ3n) is 4.31. The van der Waals surface area contributed by atoms with E-state index < -0.39 is 0 Å². The van der Waals surface area contributed by atoms with E-state index in [1.807, 2.05) is 12.3 Å². The van der Waals surface area contributed by atoms with Crippen molar-refractivity contribution in [2.45, 2.75) is 12.1 Å². The molecule has 158 valence electrons. The van der Waals surface area contributed by atoms with Crippen LogP contribution in [0.5, 0.6) is 11.5 Å². The fourth-order valence-corrected chi connectivity index (χ4v) is 3.26. The standard InChI is InChI=1S/C22H21N5O3S/c1-13(28)24-15-6-8-16(9-7-15)25-21-17(12-23)20(26-22(27-21)31-4)14-5-10-18(29-2)19(11-14)30-3/h5-11H,1-4H3,(H,24,28)(H,25,26,27). The molecule has 9 heteroatoms. The highest BCUT2D eigenvalue weighted by molar-refractivity contribution is 7.98. The van der Waals surface area contributed by atoms with Crippen molar-refractivity contribution in [2.24, 2.45) is 0 Å². The fraction of sp³-hybridized carbons (Fsp3) is 0.182. The van der Waals surface area contributed by atoms with E-state index in [4.69, 9.17) is 9.47 Å².